The van der Waals surface area contributed by atoms with Crippen molar-refractivity contribution in [2.24, 2.45) is 0 Å². The summed E-state index contributed by atoms with van der Waals surface area (Å²) in [6.45, 7) is 7.56. The zero-order valence-corrected chi connectivity index (χ0v) is 17.6. The monoisotopic (exact) mass is 415 g/mol. The summed E-state index contributed by atoms with van der Waals surface area (Å²) in [5.74, 6) is -0.114. The van der Waals surface area contributed by atoms with Crippen molar-refractivity contribution in [3.05, 3.63) is 71.6 Å². The van der Waals surface area contributed by atoms with Gasteiger partial charge in [0.25, 0.3) is 5.91 Å². The maximum absolute atomic E-state index is 13.3. The van der Waals surface area contributed by atoms with Gasteiger partial charge in [0.05, 0.1) is 17.4 Å². The van der Waals surface area contributed by atoms with Crippen molar-refractivity contribution in [2.45, 2.75) is 33.7 Å². The summed E-state index contributed by atoms with van der Waals surface area (Å²) in [6, 6.07) is 3.32. The molecule has 0 fully saturated rings. The van der Waals surface area contributed by atoms with Gasteiger partial charge < -0.3 is 9.88 Å². The first kappa shape index (κ1) is 20.3. The maximum Gasteiger partial charge on any atom is 0.274 e. The third-order valence-electron chi connectivity index (χ3n) is 4.75. The molecule has 4 rings (SSSR count). The van der Waals surface area contributed by atoms with Crippen LogP contribution in [0.5, 0.6) is 0 Å². The third-order valence-corrected chi connectivity index (χ3v) is 4.75. The molecule has 156 valence electrons. The van der Waals surface area contributed by atoms with E-state index in [1.54, 1.807) is 38.4 Å². The van der Waals surface area contributed by atoms with Crippen molar-refractivity contribution in [1.82, 2.24) is 29.5 Å². The molecule has 9 nitrogen and oxygen atoms in total. The van der Waals surface area contributed by atoms with Gasteiger partial charge in [0.1, 0.15) is 23.5 Å². The van der Waals surface area contributed by atoms with E-state index in [0.29, 0.717) is 39.4 Å². The fourth-order valence-corrected chi connectivity index (χ4v) is 3.38. The Kier molecular flexibility index (Phi) is 5.24. The Hall–Kier alpha value is -4.01. The number of pyridine rings is 1. The standard InChI is InChI=1S/C22H21N7O2/c1-12(2)29-10-18(17-9-24-11-25-21(17)29)20(30)15-6-16(8-23-7-15)28-22(31)19-5-13(3)26-14(4)27-19/h5-12H,1-4H3,(H,28,31). The van der Waals surface area contributed by atoms with Crippen LogP contribution < -0.4 is 5.32 Å². The lowest BCUT2D eigenvalue weighted by atomic mass is 10.1. The lowest BCUT2D eigenvalue weighted by Gasteiger charge is -2.07. The minimum atomic E-state index is -0.398. The van der Waals surface area contributed by atoms with Crippen LogP contribution in [0.15, 0.2) is 43.2 Å². The molecule has 0 bridgehead atoms. The van der Waals surface area contributed by atoms with Gasteiger partial charge in [-0.05, 0) is 39.8 Å². The molecule has 4 heterocycles. The fraction of sp³-hybridized carbons (Fsp3) is 0.227. The second-order valence-corrected chi connectivity index (χ2v) is 7.49. The van der Waals surface area contributed by atoms with E-state index in [4.69, 9.17) is 0 Å². The van der Waals surface area contributed by atoms with Crippen LogP contribution in [0, 0.1) is 13.8 Å². The molecular formula is C22H21N7O2. The summed E-state index contributed by atoms with van der Waals surface area (Å²) < 4.78 is 1.93. The summed E-state index contributed by atoms with van der Waals surface area (Å²) in [5, 5.41) is 3.42. The van der Waals surface area contributed by atoms with Gasteiger partial charge in [-0.3, -0.25) is 14.6 Å². The average molecular weight is 415 g/mol. The van der Waals surface area contributed by atoms with Crippen LogP contribution in [0.1, 0.15) is 57.8 Å². The number of rotatable bonds is 5. The number of carbonyl (C=O) groups is 2. The molecule has 0 aliphatic rings. The summed E-state index contributed by atoms with van der Waals surface area (Å²) in [4.78, 5) is 46.7. The van der Waals surface area contributed by atoms with Gasteiger partial charge >= 0.3 is 0 Å². The largest absolute Gasteiger partial charge is 0.329 e. The van der Waals surface area contributed by atoms with E-state index in [1.165, 1.54) is 18.7 Å². The Morgan fingerprint density at radius 2 is 1.84 bits per heavy atom. The molecular weight excluding hydrogens is 394 g/mol. The Labute approximate surface area is 178 Å². The van der Waals surface area contributed by atoms with E-state index in [-0.39, 0.29) is 17.5 Å². The molecule has 4 aromatic heterocycles. The van der Waals surface area contributed by atoms with Gasteiger partial charge in [0.15, 0.2) is 5.78 Å². The number of anilines is 1. The van der Waals surface area contributed by atoms with Gasteiger partial charge in [-0.1, -0.05) is 0 Å². The minimum Gasteiger partial charge on any atom is -0.329 e. The Morgan fingerprint density at radius 3 is 2.58 bits per heavy atom. The normalized spacial score (nSPS) is 11.1. The number of fused-ring (bicyclic) bond motifs is 1. The lowest BCUT2D eigenvalue weighted by Crippen LogP contribution is -2.16. The molecule has 1 amide bonds. The maximum atomic E-state index is 13.3. The third kappa shape index (κ3) is 4.02. The van der Waals surface area contributed by atoms with Crippen molar-refractivity contribution in [2.75, 3.05) is 5.32 Å². The van der Waals surface area contributed by atoms with Gasteiger partial charge in [-0.25, -0.2) is 19.9 Å². The van der Waals surface area contributed by atoms with E-state index < -0.39 is 5.91 Å². The molecule has 0 saturated heterocycles. The SMILES string of the molecule is Cc1cc(C(=O)Nc2cncc(C(=O)c3cn(C(C)C)c4ncncc34)c2)nc(C)n1. The topological polar surface area (TPSA) is 116 Å². The Bertz CT molecular complexity index is 1290. The fourth-order valence-electron chi connectivity index (χ4n) is 3.38. The summed E-state index contributed by atoms with van der Waals surface area (Å²) >= 11 is 0. The molecule has 31 heavy (non-hydrogen) atoms. The highest BCUT2D eigenvalue weighted by molar-refractivity contribution is 6.16. The van der Waals surface area contributed by atoms with Crippen molar-refractivity contribution < 1.29 is 9.59 Å². The molecule has 0 aliphatic heterocycles. The molecule has 0 aromatic carbocycles. The van der Waals surface area contributed by atoms with Gasteiger partial charge in [0.2, 0.25) is 0 Å². The van der Waals surface area contributed by atoms with Crippen LogP contribution in [0.4, 0.5) is 5.69 Å². The highest BCUT2D eigenvalue weighted by Gasteiger charge is 2.20. The number of carbonyl (C=O) groups excluding carboxylic acids is 2. The first-order valence-electron chi connectivity index (χ1n) is 9.77. The quantitative estimate of drug-likeness (QED) is 0.497. The number of aromatic nitrogens is 6. The summed E-state index contributed by atoms with van der Waals surface area (Å²) in [6.07, 6.45) is 7.83. The molecule has 1 N–H and O–H groups in total. The van der Waals surface area contributed by atoms with Crippen molar-refractivity contribution in [1.29, 1.82) is 0 Å². The van der Waals surface area contributed by atoms with E-state index in [0.717, 1.165) is 0 Å². The van der Waals surface area contributed by atoms with Crippen LogP contribution in [0.2, 0.25) is 0 Å². The number of ketones is 1. The number of nitrogens with one attached hydrogen (secondary N) is 1. The van der Waals surface area contributed by atoms with Gasteiger partial charge in [0, 0.05) is 41.3 Å². The average Bonchev–Trinajstić information content (AvgIpc) is 3.13. The number of amides is 1. The predicted octanol–water partition coefficient (Wildman–Crippen LogP) is 3.30. The van der Waals surface area contributed by atoms with Crippen molar-refractivity contribution in [3.63, 3.8) is 0 Å². The van der Waals surface area contributed by atoms with Crippen molar-refractivity contribution in [3.8, 4) is 0 Å². The zero-order valence-electron chi connectivity index (χ0n) is 17.6. The second-order valence-electron chi connectivity index (χ2n) is 7.49. The summed E-state index contributed by atoms with van der Waals surface area (Å²) in [7, 11) is 0. The van der Waals surface area contributed by atoms with Crippen molar-refractivity contribution >= 4 is 28.4 Å². The lowest BCUT2D eigenvalue weighted by molar-refractivity contribution is 0.101. The van der Waals surface area contributed by atoms with Gasteiger partial charge in [-0.15, -0.1) is 0 Å². The van der Waals surface area contributed by atoms with Crippen LogP contribution in [-0.2, 0) is 0 Å². The molecule has 0 unspecified atom stereocenters. The van der Waals surface area contributed by atoms with E-state index >= 15 is 0 Å². The zero-order chi connectivity index (χ0) is 22.1. The van der Waals surface area contributed by atoms with E-state index in [1.807, 2.05) is 18.4 Å². The molecule has 0 atom stereocenters. The number of aryl methyl sites for hydroxylation is 2. The smallest absolute Gasteiger partial charge is 0.274 e. The Balaban J connectivity index is 1.65. The van der Waals surface area contributed by atoms with Gasteiger partial charge in [-0.2, -0.15) is 0 Å². The minimum absolute atomic E-state index is 0.127. The first-order valence-corrected chi connectivity index (χ1v) is 9.77. The second kappa shape index (κ2) is 8.02. The molecule has 4 aromatic rings. The number of nitrogens with zero attached hydrogens (tertiary/aromatic N) is 6. The Morgan fingerprint density at radius 1 is 1.03 bits per heavy atom. The van der Waals surface area contributed by atoms with E-state index in [2.05, 4.69) is 30.2 Å². The van der Waals surface area contributed by atoms with E-state index in [9.17, 15) is 9.59 Å². The molecule has 0 saturated carbocycles. The first-order chi connectivity index (χ1) is 14.8. The number of hydrogen-bond acceptors (Lipinski definition) is 7. The van der Waals surface area contributed by atoms with Crippen LogP contribution >= 0.6 is 0 Å². The molecule has 0 radical (unpaired) electrons. The van der Waals surface area contributed by atoms with Crippen LogP contribution in [-0.4, -0.2) is 41.2 Å². The molecule has 0 aliphatic carbocycles. The summed E-state index contributed by atoms with van der Waals surface area (Å²) in [5.41, 5.74) is 2.87. The molecule has 0 spiro atoms. The van der Waals surface area contributed by atoms with Crippen LogP contribution in [0.3, 0.4) is 0 Å². The predicted molar refractivity (Wildman–Crippen MR) is 115 cm³/mol. The highest BCUT2D eigenvalue weighted by Crippen LogP contribution is 2.25. The molecule has 9 heteroatoms. The van der Waals surface area contributed by atoms with Crippen LogP contribution in [0.25, 0.3) is 11.0 Å². The highest BCUT2D eigenvalue weighted by atomic mass is 16.2. The number of hydrogen-bond donors (Lipinski definition) is 1.